The predicted octanol–water partition coefficient (Wildman–Crippen LogP) is 0.635. The van der Waals surface area contributed by atoms with Crippen LogP contribution in [0.5, 0.6) is 0 Å². The van der Waals surface area contributed by atoms with Crippen LogP contribution in [0, 0.1) is 5.92 Å². The molecule has 0 aliphatic heterocycles. The van der Waals surface area contributed by atoms with Crippen LogP contribution in [0.2, 0.25) is 0 Å². The third kappa shape index (κ3) is 3.01. The Morgan fingerprint density at radius 3 is 2.11 bits per heavy atom. The number of carbonyl (C=O) groups is 1. The van der Waals surface area contributed by atoms with Crippen LogP contribution in [0.3, 0.4) is 0 Å². The minimum atomic E-state index is -0.236. The second kappa shape index (κ2) is 4.99. The summed E-state index contributed by atoms with van der Waals surface area (Å²) in [7, 11) is 1.36. The van der Waals surface area contributed by atoms with E-state index in [2.05, 4.69) is 30.0 Å². The van der Waals surface area contributed by atoms with Crippen LogP contribution in [0.4, 0.5) is 0 Å². The molecule has 0 saturated carbocycles. The fourth-order valence-electron chi connectivity index (χ4n) is 0.373. The third-order valence-corrected chi connectivity index (χ3v) is 1.86. The van der Waals surface area contributed by atoms with Crippen molar-refractivity contribution in [3.05, 3.63) is 0 Å². The molecular weight excluding hydrogens is 156 g/mol. The van der Waals surface area contributed by atoms with Gasteiger partial charge in [-0.25, -0.2) is 0 Å². The van der Waals surface area contributed by atoms with Crippen molar-refractivity contribution in [2.45, 2.75) is 0 Å². The van der Waals surface area contributed by atoms with Crippen molar-refractivity contribution >= 4 is 31.2 Å². The van der Waals surface area contributed by atoms with Crippen LogP contribution in [0.15, 0.2) is 0 Å². The van der Waals surface area contributed by atoms with Gasteiger partial charge in [0.2, 0.25) is 0 Å². The van der Waals surface area contributed by atoms with Gasteiger partial charge in [-0.15, -0.1) is 0 Å². The summed E-state index contributed by atoms with van der Waals surface area (Å²) in [5, 5.41) is 0. The van der Waals surface area contributed by atoms with Crippen molar-refractivity contribution < 1.29 is 9.53 Å². The number of hydrogen-bond acceptors (Lipinski definition) is 4. The molecule has 2 nitrogen and oxygen atoms in total. The van der Waals surface area contributed by atoms with E-state index in [-0.39, 0.29) is 11.9 Å². The van der Waals surface area contributed by atoms with Gasteiger partial charge in [0, 0.05) is 11.5 Å². The molecule has 0 bridgehead atoms. The Balaban J connectivity index is 3.64. The monoisotopic (exact) mass is 166 g/mol. The van der Waals surface area contributed by atoms with Gasteiger partial charge in [0.05, 0.1) is 13.0 Å². The molecule has 0 aromatic carbocycles. The second-order valence-electron chi connectivity index (χ2n) is 1.59. The molecule has 0 atom stereocenters. The maximum atomic E-state index is 10.7. The van der Waals surface area contributed by atoms with Crippen LogP contribution in [0.25, 0.3) is 0 Å². The summed E-state index contributed by atoms with van der Waals surface area (Å²) >= 11 is 7.88. The lowest BCUT2D eigenvalue weighted by atomic mass is 10.2. The van der Waals surface area contributed by atoms with Crippen molar-refractivity contribution in [1.82, 2.24) is 0 Å². The smallest absolute Gasteiger partial charge is 0.310 e. The molecule has 0 heterocycles. The molecule has 0 saturated heterocycles. The number of hydrogen-bond donors (Lipinski definition) is 2. The molecule has 0 fully saturated rings. The molecule has 0 rings (SSSR count). The molecule has 0 N–H and O–H groups in total. The maximum absolute atomic E-state index is 10.7. The number of esters is 1. The van der Waals surface area contributed by atoms with Crippen molar-refractivity contribution in [2.75, 3.05) is 18.6 Å². The zero-order valence-corrected chi connectivity index (χ0v) is 6.99. The minimum Gasteiger partial charge on any atom is -0.469 e. The van der Waals surface area contributed by atoms with E-state index >= 15 is 0 Å². The standard InChI is InChI=1S/C5H10O2S2/c1-7-5(6)4(2-8)3-9/h4,8-9H,2-3H2,1H3. The lowest BCUT2D eigenvalue weighted by Crippen LogP contribution is -2.19. The highest BCUT2D eigenvalue weighted by Gasteiger charge is 2.14. The molecule has 0 radical (unpaired) electrons. The van der Waals surface area contributed by atoms with Gasteiger partial charge in [0.1, 0.15) is 0 Å². The van der Waals surface area contributed by atoms with Crippen molar-refractivity contribution in [2.24, 2.45) is 5.92 Å². The van der Waals surface area contributed by atoms with Gasteiger partial charge < -0.3 is 4.74 Å². The Morgan fingerprint density at radius 1 is 1.56 bits per heavy atom. The molecule has 0 unspecified atom stereocenters. The number of thiol groups is 2. The molecule has 4 heteroatoms. The van der Waals surface area contributed by atoms with E-state index in [4.69, 9.17) is 0 Å². The van der Waals surface area contributed by atoms with E-state index in [0.717, 1.165) is 0 Å². The molecular formula is C5H10O2S2. The first kappa shape index (κ1) is 9.17. The van der Waals surface area contributed by atoms with E-state index in [0.29, 0.717) is 11.5 Å². The van der Waals surface area contributed by atoms with Crippen LogP contribution in [-0.2, 0) is 9.53 Å². The van der Waals surface area contributed by atoms with Crippen LogP contribution in [-0.4, -0.2) is 24.6 Å². The Labute approximate surface area is 65.8 Å². The van der Waals surface area contributed by atoms with Crippen LogP contribution < -0.4 is 0 Å². The summed E-state index contributed by atoms with van der Waals surface area (Å²) < 4.78 is 4.46. The largest absolute Gasteiger partial charge is 0.469 e. The Bertz CT molecular complexity index is 91.0. The highest BCUT2D eigenvalue weighted by Crippen LogP contribution is 2.03. The number of rotatable bonds is 3. The molecule has 0 aliphatic rings. The molecule has 0 aromatic rings. The first-order valence-corrected chi connectivity index (χ1v) is 3.82. The van der Waals surface area contributed by atoms with Gasteiger partial charge in [-0.1, -0.05) is 0 Å². The Morgan fingerprint density at radius 2 is 2.00 bits per heavy atom. The molecule has 0 aromatic heterocycles. The van der Waals surface area contributed by atoms with Crippen molar-refractivity contribution in [1.29, 1.82) is 0 Å². The van der Waals surface area contributed by atoms with E-state index in [1.165, 1.54) is 7.11 Å². The normalized spacial score (nSPS) is 9.78. The summed E-state index contributed by atoms with van der Waals surface area (Å²) in [5.41, 5.74) is 0. The van der Waals surface area contributed by atoms with Gasteiger partial charge in [-0.2, -0.15) is 25.3 Å². The molecule has 0 amide bonds. The van der Waals surface area contributed by atoms with E-state index in [1.807, 2.05) is 0 Å². The SMILES string of the molecule is COC(=O)C(CS)CS. The summed E-state index contributed by atoms with van der Waals surface area (Å²) in [4.78, 5) is 10.7. The first-order valence-electron chi connectivity index (χ1n) is 2.55. The van der Waals surface area contributed by atoms with Gasteiger partial charge in [-0.3, -0.25) is 4.79 Å². The molecule has 54 valence electrons. The minimum absolute atomic E-state index is 0.165. The Kier molecular flexibility index (Phi) is 5.09. The lowest BCUT2D eigenvalue weighted by molar-refractivity contribution is -0.143. The van der Waals surface area contributed by atoms with E-state index in [1.54, 1.807) is 0 Å². The summed E-state index contributed by atoms with van der Waals surface area (Å²) in [6.07, 6.45) is 0. The van der Waals surface area contributed by atoms with Gasteiger partial charge >= 0.3 is 5.97 Å². The zero-order valence-electron chi connectivity index (χ0n) is 5.20. The summed E-state index contributed by atoms with van der Waals surface area (Å²) in [6.45, 7) is 0. The van der Waals surface area contributed by atoms with Crippen LogP contribution >= 0.6 is 25.3 Å². The van der Waals surface area contributed by atoms with E-state index in [9.17, 15) is 4.79 Å². The first-order chi connectivity index (χ1) is 4.26. The highest BCUT2D eigenvalue weighted by atomic mass is 32.1. The van der Waals surface area contributed by atoms with E-state index < -0.39 is 0 Å². The second-order valence-corrected chi connectivity index (χ2v) is 2.32. The Hall–Kier alpha value is 0.170. The zero-order chi connectivity index (χ0) is 7.28. The number of ether oxygens (including phenoxy) is 1. The number of methoxy groups -OCH3 is 1. The fraction of sp³-hybridized carbons (Fsp3) is 0.800. The van der Waals surface area contributed by atoms with Gasteiger partial charge in [0.15, 0.2) is 0 Å². The van der Waals surface area contributed by atoms with Crippen molar-refractivity contribution in [3.8, 4) is 0 Å². The topological polar surface area (TPSA) is 26.3 Å². The lowest BCUT2D eigenvalue weighted by Gasteiger charge is -2.06. The molecule has 9 heavy (non-hydrogen) atoms. The van der Waals surface area contributed by atoms with Crippen molar-refractivity contribution in [3.63, 3.8) is 0 Å². The van der Waals surface area contributed by atoms with Gasteiger partial charge in [0.25, 0.3) is 0 Å². The summed E-state index contributed by atoms with van der Waals surface area (Å²) in [5.74, 6) is 0.591. The quantitative estimate of drug-likeness (QED) is 0.475. The fourth-order valence-corrected chi connectivity index (χ4v) is 1.13. The third-order valence-electron chi connectivity index (χ3n) is 0.975. The van der Waals surface area contributed by atoms with Gasteiger partial charge in [-0.05, 0) is 0 Å². The average Bonchev–Trinajstić information content (AvgIpc) is 1.90. The average molecular weight is 166 g/mol. The molecule has 0 spiro atoms. The predicted molar refractivity (Wildman–Crippen MR) is 43.2 cm³/mol. The molecule has 0 aliphatic carbocycles. The number of carbonyl (C=O) groups excluding carboxylic acids is 1. The maximum Gasteiger partial charge on any atom is 0.310 e. The highest BCUT2D eigenvalue weighted by molar-refractivity contribution is 7.81. The summed E-state index contributed by atoms with van der Waals surface area (Å²) in [6, 6.07) is 0. The van der Waals surface area contributed by atoms with Crippen LogP contribution in [0.1, 0.15) is 0 Å².